The quantitative estimate of drug-likeness (QED) is 0.871. The van der Waals surface area contributed by atoms with Gasteiger partial charge in [-0.05, 0) is 37.3 Å². The van der Waals surface area contributed by atoms with Crippen molar-refractivity contribution in [2.45, 2.75) is 6.92 Å². The number of hydrogen-bond acceptors (Lipinski definition) is 4. The van der Waals surface area contributed by atoms with Crippen LogP contribution in [0.4, 0.5) is 11.4 Å². The number of benzene rings is 2. The topological polar surface area (TPSA) is 75.7 Å². The molecule has 0 radical (unpaired) electrons. The van der Waals surface area contributed by atoms with E-state index in [4.69, 9.17) is 4.74 Å². The number of anilines is 2. The van der Waals surface area contributed by atoms with Crippen LogP contribution >= 0.6 is 0 Å². The van der Waals surface area contributed by atoms with Gasteiger partial charge in [-0.15, -0.1) is 0 Å². The van der Waals surface area contributed by atoms with Gasteiger partial charge in [-0.3, -0.25) is 9.10 Å². The molecule has 128 valence electrons. The van der Waals surface area contributed by atoms with Crippen molar-refractivity contribution in [1.29, 1.82) is 0 Å². The Morgan fingerprint density at radius 2 is 1.88 bits per heavy atom. The van der Waals surface area contributed by atoms with E-state index < -0.39 is 10.0 Å². The lowest BCUT2D eigenvalue weighted by Gasteiger charge is -2.19. The Labute approximate surface area is 142 Å². The third kappa shape index (κ3) is 4.05. The van der Waals surface area contributed by atoms with Gasteiger partial charge >= 0.3 is 0 Å². The van der Waals surface area contributed by atoms with Crippen molar-refractivity contribution in [3.05, 3.63) is 54.1 Å². The smallest absolute Gasteiger partial charge is 0.255 e. The number of sulfonamides is 1. The zero-order valence-corrected chi connectivity index (χ0v) is 14.6. The molecule has 0 spiro atoms. The zero-order valence-electron chi connectivity index (χ0n) is 13.8. The predicted molar refractivity (Wildman–Crippen MR) is 95.3 cm³/mol. The Balaban J connectivity index is 2.23. The van der Waals surface area contributed by atoms with Gasteiger partial charge in [0.25, 0.3) is 5.91 Å². The Morgan fingerprint density at radius 3 is 2.54 bits per heavy atom. The monoisotopic (exact) mass is 348 g/mol. The second-order valence-corrected chi connectivity index (χ2v) is 7.39. The van der Waals surface area contributed by atoms with E-state index in [-0.39, 0.29) is 11.7 Å². The van der Waals surface area contributed by atoms with E-state index in [1.807, 2.05) is 0 Å². The van der Waals surface area contributed by atoms with Crippen LogP contribution < -0.4 is 14.4 Å². The highest BCUT2D eigenvalue weighted by atomic mass is 32.2. The number of carbonyl (C=O) groups is 1. The summed E-state index contributed by atoms with van der Waals surface area (Å²) in [4.78, 5) is 12.4. The van der Waals surface area contributed by atoms with Crippen LogP contribution in [0.5, 0.6) is 5.75 Å². The first-order valence-corrected chi connectivity index (χ1v) is 9.00. The SMILES string of the molecule is CCS(=O)(=O)N(C)c1cccc(C(=O)Nc2cccc(OC)c2)c1. The number of hydrogen-bond donors (Lipinski definition) is 1. The fourth-order valence-corrected chi connectivity index (χ4v) is 2.92. The Kier molecular flexibility index (Phi) is 5.46. The average molecular weight is 348 g/mol. The van der Waals surface area contributed by atoms with E-state index in [0.717, 1.165) is 0 Å². The molecule has 24 heavy (non-hydrogen) atoms. The summed E-state index contributed by atoms with van der Waals surface area (Å²) in [5, 5.41) is 2.76. The third-order valence-electron chi connectivity index (χ3n) is 3.58. The fraction of sp³-hybridized carbons (Fsp3) is 0.235. The highest BCUT2D eigenvalue weighted by Crippen LogP contribution is 2.21. The number of ether oxygens (including phenoxy) is 1. The number of nitrogens with one attached hydrogen (secondary N) is 1. The number of nitrogens with zero attached hydrogens (tertiary/aromatic N) is 1. The molecule has 0 unspecified atom stereocenters. The van der Waals surface area contributed by atoms with Gasteiger partial charge in [0.2, 0.25) is 10.0 Å². The second kappa shape index (κ2) is 7.35. The maximum atomic E-state index is 12.4. The summed E-state index contributed by atoms with van der Waals surface area (Å²) in [6, 6.07) is 13.5. The molecule has 0 fully saturated rings. The first-order valence-electron chi connectivity index (χ1n) is 7.39. The van der Waals surface area contributed by atoms with Gasteiger partial charge in [-0.2, -0.15) is 0 Å². The van der Waals surface area contributed by atoms with E-state index >= 15 is 0 Å². The summed E-state index contributed by atoms with van der Waals surface area (Å²) in [5.41, 5.74) is 1.41. The summed E-state index contributed by atoms with van der Waals surface area (Å²) in [7, 11) is -0.356. The maximum Gasteiger partial charge on any atom is 0.255 e. The molecule has 0 bridgehead atoms. The van der Waals surface area contributed by atoms with Crippen molar-refractivity contribution >= 4 is 27.3 Å². The van der Waals surface area contributed by atoms with Gasteiger partial charge in [0.1, 0.15) is 5.75 Å². The summed E-state index contributed by atoms with van der Waals surface area (Å²) < 4.78 is 30.2. The first-order chi connectivity index (χ1) is 11.4. The summed E-state index contributed by atoms with van der Waals surface area (Å²) in [6.45, 7) is 1.57. The number of rotatable bonds is 6. The van der Waals surface area contributed by atoms with Gasteiger partial charge in [0.05, 0.1) is 18.6 Å². The Morgan fingerprint density at radius 1 is 1.17 bits per heavy atom. The van der Waals surface area contributed by atoms with Gasteiger partial charge in [-0.1, -0.05) is 12.1 Å². The van der Waals surface area contributed by atoms with Crippen LogP contribution in [0.3, 0.4) is 0 Å². The van der Waals surface area contributed by atoms with E-state index in [0.29, 0.717) is 22.7 Å². The molecule has 0 heterocycles. The van der Waals surface area contributed by atoms with Gasteiger partial charge in [0.15, 0.2) is 0 Å². The number of amides is 1. The minimum atomic E-state index is -3.38. The van der Waals surface area contributed by atoms with E-state index in [2.05, 4.69) is 5.32 Å². The van der Waals surface area contributed by atoms with E-state index in [1.165, 1.54) is 11.4 Å². The lowest BCUT2D eigenvalue weighted by atomic mass is 10.2. The minimum absolute atomic E-state index is 0.0102. The van der Waals surface area contributed by atoms with Gasteiger partial charge in [-0.25, -0.2) is 8.42 Å². The molecule has 0 aliphatic rings. The van der Waals surface area contributed by atoms with Crippen LogP contribution in [0.2, 0.25) is 0 Å². The third-order valence-corrected chi connectivity index (χ3v) is 5.36. The highest BCUT2D eigenvalue weighted by molar-refractivity contribution is 7.92. The summed E-state index contributed by atoms with van der Waals surface area (Å²) >= 11 is 0. The van der Waals surface area contributed by atoms with Crippen LogP contribution in [0.25, 0.3) is 0 Å². The van der Waals surface area contributed by atoms with E-state index in [1.54, 1.807) is 62.6 Å². The largest absolute Gasteiger partial charge is 0.497 e. The molecule has 0 aliphatic carbocycles. The molecule has 1 amide bonds. The predicted octanol–water partition coefficient (Wildman–Crippen LogP) is 2.73. The molecular weight excluding hydrogens is 328 g/mol. The molecule has 6 nitrogen and oxygen atoms in total. The highest BCUT2D eigenvalue weighted by Gasteiger charge is 2.17. The van der Waals surface area contributed by atoms with Crippen molar-refractivity contribution in [3.63, 3.8) is 0 Å². The molecule has 1 N–H and O–H groups in total. The summed E-state index contributed by atoms with van der Waals surface area (Å²) in [6.07, 6.45) is 0. The lowest BCUT2D eigenvalue weighted by molar-refractivity contribution is 0.102. The minimum Gasteiger partial charge on any atom is -0.497 e. The van der Waals surface area contributed by atoms with E-state index in [9.17, 15) is 13.2 Å². The summed E-state index contributed by atoms with van der Waals surface area (Å²) in [5.74, 6) is 0.298. The molecule has 0 atom stereocenters. The van der Waals surface area contributed by atoms with Crippen molar-refractivity contribution < 1.29 is 17.9 Å². The molecule has 2 aromatic carbocycles. The molecule has 0 aliphatic heterocycles. The fourth-order valence-electron chi connectivity index (χ4n) is 2.10. The molecule has 2 rings (SSSR count). The normalized spacial score (nSPS) is 11.0. The molecule has 0 saturated heterocycles. The van der Waals surface area contributed by atoms with Crippen molar-refractivity contribution in [1.82, 2.24) is 0 Å². The lowest BCUT2D eigenvalue weighted by Crippen LogP contribution is -2.28. The number of methoxy groups -OCH3 is 1. The molecular formula is C17H20N2O4S. The molecule has 7 heteroatoms. The van der Waals surface area contributed by atoms with Crippen molar-refractivity contribution in [2.75, 3.05) is 29.5 Å². The number of carbonyl (C=O) groups excluding carboxylic acids is 1. The second-order valence-electron chi connectivity index (χ2n) is 5.10. The van der Waals surface area contributed by atoms with Crippen LogP contribution in [-0.2, 0) is 10.0 Å². The molecule has 0 saturated carbocycles. The molecule has 0 aromatic heterocycles. The first kappa shape index (κ1) is 17.8. The average Bonchev–Trinajstić information content (AvgIpc) is 2.61. The Bertz CT molecular complexity index is 834. The molecule has 2 aromatic rings. The standard InChI is InChI=1S/C17H20N2O4S/c1-4-24(21,22)19(2)15-9-5-7-13(11-15)17(20)18-14-8-6-10-16(12-14)23-3/h5-12H,4H2,1-3H3,(H,18,20). The van der Waals surface area contributed by atoms with Crippen LogP contribution in [0.1, 0.15) is 17.3 Å². The van der Waals surface area contributed by atoms with Crippen molar-refractivity contribution in [3.8, 4) is 5.75 Å². The Hall–Kier alpha value is -2.54. The van der Waals surface area contributed by atoms with Gasteiger partial charge < -0.3 is 10.1 Å². The van der Waals surface area contributed by atoms with Crippen LogP contribution in [0.15, 0.2) is 48.5 Å². The van der Waals surface area contributed by atoms with Crippen LogP contribution in [0, 0.1) is 0 Å². The zero-order chi connectivity index (χ0) is 17.7. The van der Waals surface area contributed by atoms with Crippen LogP contribution in [-0.4, -0.2) is 34.2 Å². The maximum absolute atomic E-state index is 12.4. The van der Waals surface area contributed by atoms with Crippen molar-refractivity contribution in [2.24, 2.45) is 0 Å². The van der Waals surface area contributed by atoms with Gasteiger partial charge in [0, 0.05) is 24.4 Å².